The molecule has 4 aromatic heterocycles. The van der Waals surface area contributed by atoms with E-state index in [2.05, 4.69) is 73.2 Å². The van der Waals surface area contributed by atoms with Crippen molar-refractivity contribution in [2.45, 2.75) is 0 Å². The van der Waals surface area contributed by atoms with Gasteiger partial charge in [-0.15, -0.1) is 0 Å². The van der Waals surface area contributed by atoms with Gasteiger partial charge in [0.05, 0.1) is 41.6 Å². The molecular formula is C27H16BrFI2N6O4. The van der Waals surface area contributed by atoms with Gasteiger partial charge in [-0.05, 0) is 85.4 Å². The molecule has 6 rings (SSSR count). The Kier molecular flexibility index (Phi) is 8.60. The average molecular weight is 841 g/mol. The highest BCUT2D eigenvalue weighted by atomic mass is 127. The quantitative estimate of drug-likeness (QED) is 0.129. The fraction of sp³-hybridized carbons (Fsp3) is 0.0370. The van der Waals surface area contributed by atoms with E-state index in [1.54, 1.807) is 54.7 Å². The zero-order valence-electron chi connectivity index (χ0n) is 20.7. The molecule has 2 aromatic carbocycles. The number of nitrogens with one attached hydrogen (secondary N) is 2. The van der Waals surface area contributed by atoms with Gasteiger partial charge in [0, 0.05) is 17.3 Å². The minimum absolute atomic E-state index is 0.250. The van der Waals surface area contributed by atoms with Crippen LogP contribution in [0.2, 0.25) is 0 Å². The SMILES string of the molecule is COC(=O)c1ccc(-c2nc3ncc(F)c(I)c3[nH]2)cc1.O=C(O)c1ccc(-c2nc3ncc(Br)c(I)c3[nH]2)cc1. The minimum atomic E-state index is -0.943. The highest BCUT2D eigenvalue weighted by Crippen LogP contribution is 2.28. The number of ether oxygens (including phenoxy) is 1. The summed E-state index contributed by atoms with van der Waals surface area (Å²) in [6.45, 7) is 0. The standard InChI is InChI=1S/C14H9FIN3O2.C13H7BrIN3O2/c1-21-14(20)8-4-2-7(3-5-8)12-18-11-10(16)9(15)6-17-13(11)19-12;14-8-5-16-12-10(9(8)15)17-11(18-12)6-1-3-7(4-2-6)13(19)20/h2-6H,1H3,(H,17,18,19);1-5H,(H,19,20)(H,16,17,18). The van der Waals surface area contributed by atoms with Gasteiger partial charge in [-0.3, -0.25) is 0 Å². The first kappa shape index (κ1) is 29.0. The number of halogens is 4. The number of imidazole rings is 2. The van der Waals surface area contributed by atoms with E-state index in [0.717, 1.165) is 30.9 Å². The van der Waals surface area contributed by atoms with Crippen LogP contribution in [0, 0.1) is 13.0 Å². The van der Waals surface area contributed by atoms with Crippen LogP contribution in [-0.2, 0) is 4.74 Å². The zero-order chi connectivity index (χ0) is 29.3. The number of carboxylic acid groups (broad SMARTS) is 1. The molecule has 10 nitrogen and oxygen atoms in total. The second-order valence-electron chi connectivity index (χ2n) is 8.36. The Bertz CT molecular complexity index is 1930. The van der Waals surface area contributed by atoms with Crippen molar-refractivity contribution in [3.63, 3.8) is 0 Å². The van der Waals surface area contributed by atoms with E-state index in [0.29, 0.717) is 37.6 Å². The third-order valence-electron chi connectivity index (χ3n) is 5.81. The van der Waals surface area contributed by atoms with E-state index in [9.17, 15) is 14.0 Å². The van der Waals surface area contributed by atoms with Gasteiger partial charge in [0.2, 0.25) is 0 Å². The summed E-state index contributed by atoms with van der Waals surface area (Å²) in [4.78, 5) is 45.4. The molecule has 0 amide bonds. The number of esters is 1. The summed E-state index contributed by atoms with van der Waals surface area (Å²) in [6, 6.07) is 13.3. The highest BCUT2D eigenvalue weighted by Gasteiger charge is 2.14. The predicted molar refractivity (Wildman–Crippen MR) is 170 cm³/mol. The Morgan fingerprint density at radius 2 is 1.32 bits per heavy atom. The number of rotatable bonds is 4. The van der Waals surface area contributed by atoms with Gasteiger partial charge in [-0.2, -0.15) is 0 Å². The molecule has 206 valence electrons. The number of carboxylic acids is 1. The van der Waals surface area contributed by atoms with E-state index >= 15 is 0 Å². The third-order valence-corrected chi connectivity index (χ3v) is 9.33. The fourth-order valence-electron chi connectivity index (χ4n) is 3.73. The van der Waals surface area contributed by atoms with Gasteiger partial charge in [0.1, 0.15) is 17.2 Å². The lowest BCUT2D eigenvalue weighted by Gasteiger charge is -2.00. The summed E-state index contributed by atoms with van der Waals surface area (Å²) in [5, 5.41) is 8.89. The van der Waals surface area contributed by atoms with Gasteiger partial charge < -0.3 is 19.8 Å². The number of methoxy groups -OCH3 is 1. The summed E-state index contributed by atoms with van der Waals surface area (Å²) in [7, 11) is 1.33. The number of fused-ring (bicyclic) bond motifs is 2. The van der Waals surface area contributed by atoms with E-state index in [-0.39, 0.29) is 11.4 Å². The highest BCUT2D eigenvalue weighted by molar-refractivity contribution is 14.1. The Morgan fingerprint density at radius 1 is 0.829 bits per heavy atom. The number of hydrogen-bond acceptors (Lipinski definition) is 7. The van der Waals surface area contributed by atoms with Gasteiger partial charge in [0.25, 0.3) is 0 Å². The molecule has 0 spiro atoms. The number of hydrogen-bond donors (Lipinski definition) is 3. The summed E-state index contributed by atoms with van der Waals surface area (Å²) in [5.41, 5.74) is 4.80. The Labute approximate surface area is 266 Å². The first-order chi connectivity index (χ1) is 19.7. The summed E-state index contributed by atoms with van der Waals surface area (Å²) < 4.78 is 20.5. The van der Waals surface area contributed by atoms with Crippen LogP contribution in [0.25, 0.3) is 45.1 Å². The Balaban J connectivity index is 0.000000165. The maximum Gasteiger partial charge on any atom is 0.337 e. The first-order valence-electron chi connectivity index (χ1n) is 11.6. The lowest BCUT2D eigenvalue weighted by Crippen LogP contribution is -2.00. The van der Waals surface area contributed by atoms with Crippen LogP contribution >= 0.6 is 61.1 Å². The molecule has 0 bridgehead atoms. The number of H-pyrrole nitrogens is 2. The van der Waals surface area contributed by atoms with Crippen LogP contribution in [0.1, 0.15) is 20.7 Å². The largest absolute Gasteiger partial charge is 0.478 e. The van der Waals surface area contributed by atoms with Crippen LogP contribution in [0.4, 0.5) is 4.39 Å². The molecular weight excluding hydrogens is 825 g/mol. The molecule has 4 heterocycles. The second kappa shape index (κ2) is 12.2. The second-order valence-corrected chi connectivity index (χ2v) is 11.4. The van der Waals surface area contributed by atoms with Crippen LogP contribution in [0.5, 0.6) is 0 Å². The number of aromatic nitrogens is 6. The number of nitrogens with zero attached hydrogens (tertiary/aromatic N) is 4. The van der Waals surface area contributed by atoms with Gasteiger partial charge >= 0.3 is 11.9 Å². The maximum atomic E-state index is 13.5. The van der Waals surface area contributed by atoms with Crippen molar-refractivity contribution in [3.05, 3.63) is 89.5 Å². The number of benzene rings is 2. The summed E-state index contributed by atoms with van der Waals surface area (Å²) in [6.07, 6.45) is 2.86. The molecule has 0 fully saturated rings. The van der Waals surface area contributed by atoms with Crippen LogP contribution in [0.15, 0.2) is 65.4 Å². The molecule has 3 N–H and O–H groups in total. The lowest BCUT2D eigenvalue weighted by molar-refractivity contribution is 0.0599. The van der Waals surface area contributed by atoms with Crippen molar-refractivity contribution >= 4 is 95.4 Å². The third kappa shape index (κ3) is 6.08. The number of pyridine rings is 2. The molecule has 0 atom stereocenters. The monoisotopic (exact) mass is 840 g/mol. The van der Waals surface area contributed by atoms with Crippen molar-refractivity contribution in [1.82, 2.24) is 29.9 Å². The molecule has 6 aromatic rings. The molecule has 0 aliphatic carbocycles. The van der Waals surface area contributed by atoms with Gasteiger partial charge in [-0.25, -0.2) is 33.9 Å². The van der Waals surface area contributed by atoms with E-state index in [1.807, 2.05) is 22.6 Å². The summed E-state index contributed by atoms with van der Waals surface area (Å²) >= 11 is 7.54. The average Bonchev–Trinajstić information content (AvgIpc) is 3.63. The Hall–Kier alpha value is -3.51. The van der Waals surface area contributed by atoms with Gasteiger partial charge in [0.15, 0.2) is 17.1 Å². The molecule has 0 unspecified atom stereocenters. The van der Waals surface area contributed by atoms with E-state index in [4.69, 9.17) is 5.11 Å². The Morgan fingerprint density at radius 3 is 1.83 bits per heavy atom. The molecule has 0 aliphatic rings. The molecule has 0 saturated carbocycles. The van der Waals surface area contributed by atoms with E-state index < -0.39 is 11.9 Å². The first-order valence-corrected chi connectivity index (χ1v) is 14.5. The van der Waals surface area contributed by atoms with Gasteiger partial charge in [-0.1, -0.05) is 24.3 Å². The lowest BCUT2D eigenvalue weighted by atomic mass is 10.1. The fourth-order valence-corrected chi connectivity index (χ4v) is 5.07. The topological polar surface area (TPSA) is 147 Å². The van der Waals surface area contributed by atoms with Crippen molar-refractivity contribution in [2.24, 2.45) is 0 Å². The zero-order valence-corrected chi connectivity index (χ0v) is 26.6. The number of aromatic amines is 2. The van der Waals surface area contributed by atoms with Crippen LogP contribution < -0.4 is 0 Å². The molecule has 0 radical (unpaired) electrons. The number of aromatic carboxylic acids is 1. The molecule has 0 saturated heterocycles. The number of carbonyl (C=O) groups is 2. The van der Waals surface area contributed by atoms with Crippen LogP contribution in [0.3, 0.4) is 0 Å². The molecule has 41 heavy (non-hydrogen) atoms. The summed E-state index contributed by atoms with van der Waals surface area (Å²) in [5.74, 6) is -0.497. The van der Waals surface area contributed by atoms with Crippen LogP contribution in [-0.4, -0.2) is 54.1 Å². The molecule has 14 heteroatoms. The van der Waals surface area contributed by atoms with Crippen molar-refractivity contribution in [1.29, 1.82) is 0 Å². The van der Waals surface area contributed by atoms with E-state index in [1.165, 1.54) is 7.11 Å². The smallest absolute Gasteiger partial charge is 0.337 e. The van der Waals surface area contributed by atoms with Crippen molar-refractivity contribution in [2.75, 3.05) is 7.11 Å². The normalized spacial score (nSPS) is 10.9. The predicted octanol–water partition coefficient (Wildman–Crippen LogP) is 6.85. The van der Waals surface area contributed by atoms with Crippen molar-refractivity contribution < 1.29 is 23.8 Å². The molecule has 0 aliphatic heterocycles. The van der Waals surface area contributed by atoms with Crippen molar-refractivity contribution in [3.8, 4) is 22.8 Å². The minimum Gasteiger partial charge on any atom is -0.478 e. The maximum absolute atomic E-state index is 13.5. The number of carbonyl (C=O) groups excluding carboxylic acids is 1.